The molecule has 1 amide bonds. The van der Waals surface area contributed by atoms with Crippen molar-refractivity contribution in [3.8, 4) is 0 Å². The maximum absolute atomic E-state index is 11.8. The van der Waals surface area contributed by atoms with Gasteiger partial charge >= 0.3 is 0 Å². The van der Waals surface area contributed by atoms with Gasteiger partial charge in [-0.2, -0.15) is 0 Å². The van der Waals surface area contributed by atoms with Gasteiger partial charge in [-0.25, -0.2) is 0 Å². The Bertz CT molecular complexity index is 265. The summed E-state index contributed by atoms with van der Waals surface area (Å²) in [6.07, 6.45) is 3.88. The molecule has 0 aromatic rings. The molecule has 1 aliphatic carbocycles. The first-order chi connectivity index (χ1) is 7.84. The predicted molar refractivity (Wildman–Crippen MR) is 69.6 cm³/mol. The minimum absolute atomic E-state index is 0.0135. The summed E-state index contributed by atoms with van der Waals surface area (Å²) in [6, 6.07) is 0. The molecule has 0 heterocycles. The van der Waals surface area contributed by atoms with Crippen LogP contribution in [0.15, 0.2) is 0 Å². The third-order valence-electron chi connectivity index (χ3n) is 4.07. The summed E-state index contributed by atoms with van der Waals surface area (Å²) in [5.41, 5.74) is -0.677. The molecule has 3 heteroatoms. The van der Waals surface area contributed by atoms with Crippen molar-refractivity contribution in [2.45, 2.75) is 59.0 Å². The second-order valence-electron chi connectivity index (χ2n) is 6.18. The summed E-state index contributed by atoms with van der Waals surface area (Å²) in [7, 11) is 0. The lowest BCUT2D eigenvalue weighted by Gasteiger charge is -2.36. The molecule has 1 aliphatic rings. The number of carbonyl (C=O) groups excluding carboxylic acids is 1. The van der Waals surface area contributed by atoms with Gasteiger partial charge in [-0.3, -0.25) is 4.79 Å². The molecular weight excluding hydrogens is 214 g/mol. The fourth-order valence-corrected chi connectivity index (χ4v) is 2.51. The first-order valence-corrected chi connectivity index (χ1v) is 6.84. The van der Waals surface area contributed by atoms with Gasteiger partial charge < -0.3 is 10.4 Å². The number of hydrogen-bond donors (Lipinski definition) is 2. The van der Waals surface area contributed by atoms with Crippen LogP contribution >= 0.6 is 0 Å². The molecule has 0 aromatic heterocycles. The minimum atomic E-state index is -0.677. The zero-order valence-electron chi connectivity index (χ0n) is 11.6. The summed E-state index contributed by atoms with van der Waals surface area (Å²) in [5, 5.41) is 13.3. The van der Waals surface area contributed by atoms with Gasteiger partial charge in [0.15, 0.2) is 0 Å². The van der Waals surface area contributed by atoms with E-state index in [1.807, 2.05) is 20.8 Å². The maximum atomic E-state index is 11.8. The van der Waals surface area contributed by atoms with Crippen molar-refractivity contribution in [3.63, 3.8) is 0 Å². The van der Waals surface area contributed by atoms with E-state index in [0.29, 0.717) is 18.4 Å². The molecule has 0 radical (unpaired) electrons. The molecular formula is C14H27NO2. The first kappa shape index (κ1) is 14.5. The van der Waals surface area contributed by atoms with Crippen LogP contribution in [0.25, 0.3) is 0 Å². The molecule has 3 nitrogen and oxygen atoms in total. The summed E-state index contributed by atoms with van der Waals surface area (Å²) in [4.78, 5) is 11.8. The van der Waals surface area contributed by atoms with E-state index in [1.54, 1.807) is 0 Å². The highest BCUT2D eigenvalue weighted by Gasteiger charge is 2.33. The smallest absolute Gasteiger partial charge is 0.223 e. The summed E-state index contributed by atoms with van der Waals surface area (Å²) in [5.74, 6) is 0.981. The van der Waals surface area contributed by atoms with Gasteiger partial charge in [-0.15, -0.1) is 0 Å². The molecule has 0 saturated heterocycles. The highest BCUT2D eigenvalue weighted by molar-refractivity contribution is 5.78. The lowest BCUT2D eigenvalue weighted by Crippen LogP contribution is -2.47. The largest absolute Gasteiger partial charge is 0.388 e. The Morgan fingerprint density at radius 2 is 2.12 bits per heavy atom. The fourth-order valence-electron chi connectivity index (χ4n) is 2.51. The van der Waals surface area contributed by atoms with Crippen molar-refractivity contribution in [3.05, 3.63) is 0 Å². The summed E-state index contributed by atoms with van der Waals surface area (Å²) < 4.78 is 0. The number of nitrogens with one attached hydrogen (secondary N) is 1. The molecule has 3 unspecified atom stereocenters. The molecule has 17 heavy (non-hydrogen) atoms. The standard InChI is InChI=1S/C14H27NO2/c1-10(2)12(4)13(16)15-9-14(17)7-5-6-11(3)8-14/h10-12,17H,5-9H2,1-4H3,(H,15,16). The molecule has 0 aliphatic heterocycles. The monoisotopic (exact) mass is 241 g/mol. The number of aliphatic hydroxyl groups is 1. The van der Waals surface area contributed by atoms with Gasteiger partial charge in [-0.1, -0.05) is 40.5 Å². The summed E-state index contributed by atoms with van der Waals surface area (Å²) >= 11 is 0. The van der Waals surface area contributed by atoms with Crippen molar-refractivity contribution in [2.75, 3.05) is 6.54 Å². The van der Waals surface area contributed by atoms with Crippen molar-refractivity contribution in [1.29, 1.82) is 0 Å². The van der Waals surface area contributed by atoms with Gasteiger partial charge in [0.1, 0.15) is 0 Å². The van der Waals surface area contributed by atoms with Crippen LogP contribution in [-0.4, -0.2) is 23.2 Å². The van der Waals surface area contributed by atoms with E-state index < -0.39 is 5.60 Å². The lowest BCUT2D eigenvalue weighted by molar-refractivity contribution is -0.127. The van der Waals surface area contributed by atoms with E-state index in [1.165, 1.54) is 6.42 Å². The molecule has 1 fully saturated rings. The topological polar surface area (TPSA) is 49.3 Å². The van der Waals surface area contributed by atoms with Crippen LogP contribution in [-0.2, 0) is 4.79 Å². The average molecular weight is 241 g/mol. The van der Waals surface area contributed by atoms with Crippen LogP contribution in [0.5, 0.6) is 0 Å². The van der Waals surface area contributed by atoms with Gasteiger partial charge in [0, 0.05) is 12.5 Å². The molecule has 0 spiro atoms. The molecule has 1 saturated carbocycles. The van der Waals surface area contributed by atoms with Gasteiger partial charge in [0.05, 0.1) is 5.60 Å². The molecule has 2 N–H and O–H groups in total. The van der Waals surface area contributed by atoms with Crippen LogP contribution < -0.4 is 5.32 Å². The highest BCUT2D eigenvalue weighted by atomic mass is 16.3. The first-order valence-electron chi connectivity index (χ1n) is 6.84. The van der Waals surface area contributed by atoms with Gasteiger partial charge in [0.2, 0.25) is 5.91 Å². The van der Waals surface area contributed by atoms with Crippen LogP contribution in [0.2, 0.25) is 0 Å². The Morgan fingerprint density at radius 3 is 2.65 bits per heavy atom. The van der Waals surface area contributed by atoms with Crippen LogP contribution in [0.1, 0.15) is 53.4 Å². The van der Waals surface area contributed by atoms with Crippen LogP contribution in [0, 0.1) is 17.8 Å². The third-order valence-corrected chi connectivity index (χ3v) is 4.07. The van der Waals surface area contributed by atoms with E-state index in [2.05, 4.69) is 12.2 Å². The number of hydrogen-bond acceptors (Lipinski definition) is 2. The quantitative estimate of drug-likeness (QED) is 0.793. The minimum Gasteiger partial charge on any atom is -0.388 e. The number of rotatable bonds is 4. The Hall–Kier alpha value is -0.570. The number of carbonyl (C=O) groups is 1. The average Bonchev–Trinajstić information content (AvgIpc) is 2.24. The second-order valence-corrected chi connectivity index (χ2v) is 6.18. The lowest BCUT2D eigenvalue weighted by atomic mass is 9.79. The second kappa shape index (κ2) is 5.85. The van der Waals surface area contributed by atoms with Crippen molar-refractivity contribution >= 4 is 5.91 Å². The van der Waals surface area contributed by atoms with E-state index >= 15 is 0 Å². The predicted octanol–water partition coefficient (Wildman–Crippen LogP) is 2.34. The number of amides is 1. The van der Waals surface area contributed by atoms with Crippen LogP contribution in [0.3, 0.4) is 0 Å². The van der Waals surface area contributed by atoms with E-state index in [0.717, 1.165) is 19.3 Å². The van der Waals surface area contributed by atoms with Gasteiger partial charge in [-0.05, 0) is 24.7 Å². The SMILES string of the molecule is CC1CCCC(O)(CNC(=O)C(C)C(C)C)C1. The highest BCUT2D eigenvalue weighted by Crippen LogP contribution is 2.31. The van der Waals surface area contributed by atoms with E-state index in [4.69, 9.17) is 0 Å². The van der Waals surface area contributed by atoms with E-state index in [-0.39, 0.29) is 11.8 Å². The summed E-state index contributed by atoms with van der Waals surface area (Å²) in [6.45, 7) is 8.60. The Labute approximate surface area is 105 Å². The Balaban J connectivity index is 2.41. The zero-order valence-corrected chi connectivity index (χ0v) is 11.6. The fraction of sp³-hybridized carbons (Fsp3) is 0.929. The van der Waals surface area contributed by atoms with Crippen LogP contribution in [0.4, 0.5) is 0 Å². The Kier molecular flexibility index (Phi) is 4.99. The Morgan fingerprint density at radius 1 is 1.47 bits per heavy atom. The maximum Gasteiger partial charge on any atom is 0.223 e. The molecule has 1 rings (SSSR count). The normalized spacial score (nSPS) is 31.3. The van der Waals surface area contributed by atoms with E-state index in [9.17, 15) is 9.90 Å². The molecule has 0 aromatic carbocycles. The molecule has 100 valence electrons. The third kappa shape index (κ3) is 4.30. The van der Waals surface area contributed by atoms with Crippen molar-refractivity contribution in [2.24, 2.45) is 17.8 Å². The van der Waals surface area contributed by atoms with Crippen molar-refractivity contribution < 1.29 is 9.90 Å². The zero-order chi connectivity index (χ0) is 13.1. The molecule has 3 atom stereocenters. The van der Waals surface area contributed by atoms with Crippen molar-refractivity contribution in [1.82, 2.24) is 5.32 Å². The molecule has 0 bridgehead atoms. The van der Waals surface area contributed by atoms with Gasteiger partial charge in [0.25, 0.3) is 0 Å².